The van der Waals surface area contributed by atoms with Gasteiger partial charge in [0, 0.05) is 25.6 Å². The first-order chi connectivity index (χ1) is 7.04. The standard InChI is InChI=1S/C11H22N2OS/c1-3-9(6-11(12)15)13-5-4-10(14)8(2)7-13/h8-10,14H,3-7H2,1-2H3,(H2,12,15). The number of hydrogen-bond donors (Lipinski definition) is 2. The molecule has 0 radical (unpaired) electrons. The zero-order chi connectivity index (χ0) is 11.4. The summed E-state index contributed by atoms with van der Waals surface area (Å²) in [5.74, 6) is 0.360. The van der Waals surface area contributed by atoms with Crippen molar-refractivity contribution in [2.75, 3.05) is 13.1 Å². The van der Waals surface area contributed by atoms with Crippen LogP contribution in [0, 0.1) is 5.92 Å². The van der Waals surface area contributed by atoms with Gasteiger partial charge in [-0.3, -0.25) is 4.90 Å². The van der Waals surface area contributed by atoms with Gasteiger partial charge in [-0.1, -0.05) is 26.1 Å². The van der Waals surface area contributed by atoms with E-state index < -0.39 is 0 Å². The molecule has 1 heterocycles. The molecule has 0 bridgehead atoms. The van der Waals surface area contributed by atoms with E-state index in [1.54, 1.807) is 0 Å². The van der Waals surface area contributed by atoms with Gasteiger partial charge >= 0.3 is 0 Å². The van der Waals surface area contributed by atoms with E-state index >= 15 is 0 Å². The fraction of sp³-hybridized carbons (Fsp3) is 0.909. The molecule has 1 aliphatic heterocycles. The van der Waals surface area contributed by atoms with Gasteiger partial charge < -0.3 is 10.8 Å². The van der Waals surface area contributed by atoms with Gasteiger partial charge in [-0.25, -0.2) is 0 Å². The minimum Gasteiger partial charge on any atom is -0.393 e. The fourth-order valence-corrected chi connectivity index (χ4v) is 2.45. The summed E-state index contributed by atoms with van der Waals surface area (Å²) in [5, 5.41) is 9.65. The first kappa shape index (κ1) is 12.9. The van der Waals surface area contributed by atoms with Gasteiger partial charge in [0.2, 0.25) is 0 Å². The van der Waals surface area contributed by atoms with Crippen LogP contribution in [0.4, 0.5) is 0 Å². The Kier molecular flexibility index (Phi) is 4.96. The molecule has 0 aromatic heterocycles. The zero-order valence-electron chi connectivity index (χ0n) is 9.65. The van der Waals surface area contributed by atoms with Crippen molar-refractivity contribution >= 4 is 17.2 Å². The largest absolute Gasteiger partial charge is 0.393 e. The van der Waals surface area contributed by atoms with Crippen LogP contribution in [-0.4, -0.2) is 40.2 Å². The number of piperidine rings is 1. The smallest absolute Gasteiger partial charge is 0.0743 e. The third-order valence-corrected chi connectivity index (χ3v) is 3.48. The predicted octanol–water partition coefficient (Wildman–Crippen LogP) is 1.14. The van der Waals surface area contributed by atoms with E-state index in [1.807, 2.05) is 0 Å². The topological polar surface area (TPSA) is 49.5 Å². The van der Waals surface area contributed by atoms with E-state index in [0.717, 1.165) is 32.4 Å². The molecule has 3 nitrogen and oxygen atoms in total. The van der Waals surface area contributed by atoms with Crippen LogP contribution in [0.25, 0.3) is 0 Å². The maximum atomic E-state index is 9.65. The van der Waals surface area contributed by atoms with Gasteiger partial charge in [0.15, 0.2) is 0 Å². The minimum atomic E-state index is -0.136. The minimum absolute atomic E-state index is 0.136. The second-order valence-electron chi connectivity index (χ2n) is 4.56. The van der Waals surface area contributed by atoms with E-state index in [9.17, 15) is 5.11 Å². The third-order valence-electron chi connectivity index (χ3n) is 3.32. The van der Waals surface area contributed by atoms with Crippen molar-refractivity contribution < 1.29 is 5.11 Å². The number of likely N-dealkylation sites (tertiary alicyclic amines) is 1. The molecule has 3 atom stereocenters. The lowest BCUT2D eigenvalue weighted by atomic mass is 9.94. The summed E-state index contributed by atoms with van der Waals surface area (Å²) in [6, 6.07) is 0.456. The average Bonchev–Trinajstić information content (AvgIpc) is 2.18. The highest BCUT2D eigenvalue weighted by Gasteiger charge is 2.28. The Hall–Kier alpha value is -0.190. The van der Waals surface area contributed by atoms with Crippen LogP contribution in [0.5, 0.6) is 0 Å². The molecular weight excluding hydrogens is 208 g/mol. The number of aliphatic hydroxyl groups is 1. The molecule has 1 saturated heterocycles. The molecule has 0 aliphatic carbocycles. The second kappa shape index (κ2) is 5.77. The van der Waals surface area contributed by atoms with Crippen LogP contribution in [0.2, 0.25) is 0 Å². The van der Waals surface area contributed by atoms with E-state index in [0.29, 0.717) is 16.9 Å². The zero-order valence-corrected chi connectivity index (χ0v) is 10.5. The van der Waals surface area contributed by atoms with E-state index in [1.165, 1.54) is 0 Å². The van der Waals surface area contributed by atoms with Gasteiger partial charge in [0.05, 0.1) is 11.1 Å². The molecule has 0 saturated carbocycles. The number of rotatable bonds is 4. The lowest BCUT2D eigenvalue weighted by Crippen LogP contribution is -2.47. The molecule has 3 N–H and O–H groups in total. The molecule has 1 rings (SSSR count). The Balaban J connectivity index is 2.50. The Morgan fingerprint density at radius 2 is 2.33 bits per heavy atom. The second-order valence-corrected chi connectivity index (χ2v) is 5.09. The molecule has 0 spiro atoms. The quantitative estimate of drug-likeness (QED) is 0.711. The van der Waals surface area contributed by atoms with Crippen LogP contribution < -0.4 is 5.73 Å². The summed E-state index contributed by atoms with van der Waals surface area (Å²) >= 11 is 4.96. The van der Waals surface area contributed by atoms with Crippen molar-refractivity contribution in [2.45, 2.75) is 45.3 Å². The first-order valence-corrected chi connectivity index (χ1v) is 6.15. The SMILES string of the molecule is CCC(CC(N)=S)N1CCC(O)C(C)C1. The highest BCUT2D eigenvalue weighted by atomic mass is 32.1. The monoisotopic (exact) mass is 230 g/mol. The van der Waals surface area contributed by atoms with Gasteiger partial charge in [-0.2, -0.15) is 0 Å². The van der Waals surface area contributed by atoms with Gasteiger partial charge in [-0.15, -0.1) is 0 Å². The molecule has 3 unspecified atom stereocenters. The van der Waals surface area contributed by atoms with Crippen molar-refractivity contribution in [1.82, 2.24) is 4.90 Å². The normalized spacial score (nSPS) is 30.1. The Bertz CT molecular complexity index is 223. The van der Waals surface area contributed by atoms with Crippen LogP contribution in [-0.2, 0) is 0 Å². The average molecular weight is 230 g/mol. The van der Waals surface area contributed by atoms with Gasteiger partial charge in [0.25, 0.3) is 0 Å². The Morgan fingerprint density at radius 3 is 2.80 bits per heavy atom. The number of hydrogen-bond acceptors (Lipinski definition) is 3. The molecule has 1 fully saturated rings. The number of aliphatic hydroxyl groups excluding tert-OH is 1. The summed E-state index contributed by atoms with van der Waals surface area (Å²) in [6.45, 7) is 6.19. The van der Waals surface area contributed by atoms with Crippen LogP contribution in [0.15, 0.2) is 0 Å². The highest BCUT2D eigenvalue weighted by molar-refractivity contribution is 7.80. The predicted molar refractivity (Wildman–Crippen MR) is 66.8 cm³/mol. The summed E-state index contributed by atoms with van der Waals surface area (Å²) in [6.07, 6.45) is 2.60. The van der Waals surface area contributed by atoms with Crippen molar-refractivity contribution in [1.29, 1.82) is 0 Å². The van der Waals surface area contributed by atoms with Gasteiger partial charge in [-0.05, 0) is 18.8 Å². The van der Waals surface area contributed by atoms with Crippen molar-refractivity contribution in [3.63, 3.8) is 0 Å². The highest BCUT2D eigenvalue weighted by Crippen LogP contribution is 2.21. The molecule has 4 heteroatoms. The molecule has 88 valence electrons. The Labute approximate surface area is 97.6 Å². The van der Waals surface area contributed by atoms with E-state index in [4.69, 9.17) is 18.0 Å². The summed E-state index contributed by atoms with van der Waals surface area (Å²) in [4.78, 5) is 3.01. The summed E-state index contributed by atoms with van der Waals surface area (Å²) in [7, 11) is 0. The third kappa shape index (κ3) is 3.70. The maximum absolute atomic E-state index is 9.65. The number of nitrogens with two attached hydrogens (primary N) is 1. The van der Waals surface area contributed by atoms with Crippen molar-refractivity contribution in [2.24, 2.45) is 11.7 Å². The summed E-state index contributed by atoms with van der Waals surface area (Å²) < 4.78 is 0. The maximum Gasteiger partial charge on any atom is 0.0743 e. The molecule has 0 aromatic rings. The molecule has 0 amide bonds. The van der Waals surface area contributed by atoms with Crippen LogP contribution >= 0.6 is 12.2 Å². The van der Waals surface area contributed by atoms with E-state index in [-0.39, 0.29) is 6.10 Å². The van der Waals surface area contributed by atoms with Gasteiger partial charge in [0.1, 0.15) is 0 Å². The van der Waals surface area contributed by atoms with E-state index in [2.05, 4.69) is 18.7 Å². The number of nitrogens with zero attached hydrogens (tertiary/aromatic N) is 1. The lowest BCUT2D eigenvalue weighted by Gasteiger charge is -2.39. The van der Waals surface area contributed by atoms with Crippen molar-refractivity contribution in [3.05, 3.63) is 0 Å². The first-order valence-electron chi connectivity index (χ1n) is 5.75. The summed E-state index contributed by atoms with van der Waals surface area (Å²) in [5.41, 5.74) is 5.59. The van der Waals surface area contributed by atoms with Crippen molar-refractivity contribution in [3.8, 4) is 0 Å². The molecular formula is C11H22N2OS. The molecule has 0 aromatic carbocycles. The molecule has 15 heavy (non-hydrogen) atoms. The van der Waals surface area contributed by atoms with Crippen LogP contribution in [0.3, 0.4) is 0 Å². The lowest BCUT2D eigenvalue weighted by molar-refractivity contribution is 0.0177. The molecule has 1 aliphatic rings. The fourth-order valence-electron chi connectivity index (χ4n) is 2.26. The Morgan fingerprint density at radius 1 is 1.67 bits per heavy atom. The van der Waals surface area contributed by atoms with Crippen LogP contribution in [0.1, 0.15) is 33.1 Å². The number of thiocarbonyl (C=S) groups is 1.